The van der Waals surface area contributed by atoms with Crippen molar-refractivity contribution >= 4 is 29.2 Å². The van der Waals surface area contributed by atoms with Gasteiger partial charge in [0.25, 0.3) is 0 Å². The van der Waals surface area contributed by atoms with Gasteiger partial charge in [0.1, 0.15) is 6.54 Å². The number of hydrogen-bond acceptors (Lipinski definition) is 7. The van der Waals surface area contributed by atoms with Crippen molar-refractivity contribution < 1.29 is 18.9 Å². The minimum Gasteiger partial charge on any atom is -0.337 e. The Labute approximate surface area is 128 Å². The molecule has 0 bridgehead atoms. The van der Waals surface area contributed by atoms with Crippen LogP contribution in [-0.2, 0) is 16.1 Å². The van der Waals surface area contributed by atoms with Gasteiger partial charge in [-0.1, -0.05) is 11.2 Å². The van der Waals surface area contributed by atoms with Crippen LogP contribution in [0.2, 0.25) is 0 Å². The van der Waals surface area contributed by atoms with Gasteiger partial charge in [-0.3, -0.25) is 14.5 Å². The van der Waals surface area contributed by atoms with Crippen molar-refractivity contribution in [1.82, 2.24) is 19.9 Å². The van der Waals surface area contributed by atoms with Gasteiger partial charge in [-0.25, -0.2) is 9.69 Å². The maximum atomic E-state index is 12.0. The number of aromatic nitrogens is 2. The third kappa shape index (κ3) is 2.31. The summed E-state index contributed by atoms with van der Waals surface area (Å²) in [5.41, 5.74) is 0.781. The molecule has 0 unspecified atom stereocenters. The lowest BCUT2D eigenvalue weighted by atomic mass is 10.3. The molecule has 0 atom stereocenters. The number of imide groups is 2. The van der Waals surface area contributed by atoms with Crippen molar-refractivity contribution in [3.05, 3.63) is 35.4 Å². The molecule has 0 radical (unpaired) electrons. The maximum absolute atomic E-state index is 12.0. The first kappa shape index (κ1) is 14.1. The lowest BCUT2D eigenvalue weighted by molar-refractivity contribution is -0.143. The topological polar surface area (TPSA) is 96.6 Å². The summed E-state index contributed by atoms with van der Waals surface area (Å²) in [5.74, 6) is -1.36. The van der Waals surface area contributed by atoms with Gasteiger partial charge in [0, 0.05) is 17.5 Å². The Morgan fingerprint density at radius 1 is 1.27 bits per heavy atom. The molecular formula is C13H10N4O4S. The molecule has 4 amide bonds. The SMILES string of the molecule is C=CCN1C(=O)C(=O)N(Cc2nc(-c3ccsc3)no2)C1=O. The van der Waals surface area contributed by atoms with E-state index in [1.54, 1.807) is 0 Å². The minimum absolute atomic E-state index is 0.0239. The van der Waals surface area contributed by atoms with Crippen LogP contribution in [0.5, 0.6) is 0 Å². The van der Waals surface area contributed by atoms with Gasteiger partial charge in [-0.2, -0.15) is 16.3 Å². The number of carbonyl (C=O) groups excluding carboxylic acids is 3. The summed E-state index contributed by atoms with van der Waals surface area (Å²) in [6.07, 6.45) is 1.37. The summed E-state index contributed by atoms with van der Waals surface area (Å²) in [5, 5.41) is 7.49. The van der Waals surface area contributed by atoms with Gasteiger partial charge in [0.2, 0.25) is 11.7 Å². The van der Waals surface area contributed by atoms with Crippen LogP contribution >= 0.6 is 11.3 Å². The molecular weight excluding hydrogens is 308 g/mol. The Hall–Kier alpha value is -2.81. The molecule has 2 aromatic heterocycles. The summed E-state index contributed by atoms with van der Waals surface area (Å²) >= 11 is 1.48. The number of rotatable bonds is 5. The fourth-order valence-corrected chi connectivity index (χ4v) is 2.58. The number of urea groups is 1. The average molecular weight is 318 g/mol. The van der Waals surface area contributed by atoms with E-state index in [0.29, 0.717) is 5.82 Å². The molecule has 3 rings (SSSR count). The molecule has 8 nitrogen and oxygen atoms in total. The van der Waals surface area contributed by atoms with Crippen molar-refractivity contribution in [3.8, 4) is 11.4 Å². The van der Waals surface area contributed by atoms with E-state index in [1.807, 2.05) is 16.8 Å². The molecule has 1 saturated heterocycles. The van der Waals surface area contributed by atoms with Crippen LogP contribution in [0.25, 0.3) is 11.4 Å². The van der Waals surface area contributed by atoms with Crippen LogP contribution in [0.15, 0.2) is 34.0 Å². The molecule has 0 N–H and O–H groups in total. The zero-order chi connectivity index (χ0) is 15.7. The standard InChI is InChI=1S/C13H10N4O4S/c1-2-4-16-11(18)12(19)17(13(16)20)6-9-14-10(15-21-9)8-3-5-22-7-8/h2-3,5,7H,1,4,6H2. The van der Waals surface area contributed by atoms with Gasteiger partial charge >= 0.3 is 17.8 Å². The quantitative estimate of drug-likeness (QED) is 0.468. The summed E-state index contributed by atoms with van der Waals surface area (Å²) in [6, 6.07) is 1.10. The van der Waals surface area contributed by atoms with E-state index in [1.165, 1.54) is 17.4 Å². The van der Waals surface area contributed by atoms with Crippen molar-refractivity contribution in [1.29, 1.82) is 0 Å². The third-order valence-electron chi connectivity index (χ3n) is 2.99. The number of thiophene rings is 1. The minimum atomic E-state index is -0.915. The Balaban J connectivity index is 1.78. The van der Waals surface area contributed by atoms with Crippen LogP contribution < -0.4 is 0 Å². The highest BCUT2D eigenvalue weighted by atomic mass is 32.1. The lowest BCUT2D eigenvalue weighted by Crippen LogP contribution is -2.33. The summed E-state index contributed by atoms with van der Waals surface area (Å²) in [4.78, 5) is 41.3. The van der Waals surface area contributed by atoms with Crippen molar-refractivity contribution in [2.45, 2.75) is 6.54 Å². The number of nitrogens with zero attached hydrogens (tertiary/aromatic N) is 4. The van der Waals surface area contributed by atoms with Gasteiger partial charge in [-0.05, 0) is 11.4 Å². The first-order valence-electron chi connectivity index (χ1n) is 6.25. The third-order valence-corrected chi connectivity index (χ3v) is 3.67. The monoisotopic (exact) mass is 318 g/mol. The van der Waals surface area contributed by atoms with Gasteiger partial charge in [-0.15, -0.1) is 6.58 Å². The second-order valence-electron chi connectivity index (χ2n) is 4.40. The van der Waals surface area contributed by atoms with Crippen LogP contribution in [0.4, 0.5) is 4.79 Å². The van der Waals surface area contributed by atoms with E-state index >= 15 is 0 Å². The van der Waals surface area contributed by atoms with Gasteiger partial charge in [0.15, 0.2) is 0 Å². The summed E-state index contributed by atoms with van der Waals surface area (Å²) in [7, 11) is 0. The highest BCUT2D eigenvalue weighted by Gasteiger charge is 2.44. The molecule has 1 aliphatic heterocycles. The predicted octanol–water partition coefficient (Wildman–Crippen LogP) is 1.27. The zero-order valence-corrected chi connectivity index (χ0v) is 12.1. The first-order valence-corrected chi connectivity index (χ1v) is 7.19. The number of amides is 4. The van der Waals surface area contributed by atoms with E-state index in [2.05, 4.69) is 16.7 Å². The molecule has 1 aliphatic rings. The molecule has 0 spiro atoms. The predicted molar refractivity (Wildman–Crippen MR) is 75.5 cm³/mol. The highest BCUT2D eigenvalue weighted by Crippen LogP contribution is 2.20. The van der Waals surface area contributed by atoms with Crippen molar-refractivity contribution in [2.75, 3.05) is 6.54 Å². The molecule has 22 heavy (non-hydrogen) atoms. The van der Waals surface area contributed by atoms with E-state index in [0.717, 1.165) is 15.4 Å². The lowest BCUT2D eigenvalue weighted by Gasteiger charge is -2.11. The van der Waals surface area contributed by atoms with E-state index < -0.39 is 17.8 Å². The molecule has 0 saturated carbocycles. The fraction of sp³-hybridized carbons (Fsp3) is 0.154. The van der Waals surface area contributed by atoms with Gasteiger partial charge < -0.3 is 4.52 Å². The zero-order valence-electron chi connectivity index (χ0n) is 11.3. The smallest absolute Gasteiger partial charge is 0.335 e. The number of hydrogen-bond donors (Lipinski definition) is 0. The molecule has 112 valence electrons. The Morgan fingerprint density at radius 3 is 2.73 bits per heavy atom. The summed E-state index contributed by atoms with van der Waals surface area (Å²) < 4.78 is 5.02. The second-order valence-corrected chi connectivity index (χ2v) is 5.18. The van der Waals surface area contributed by atoms with Crippen LogP contribution in [0.1, 0.15) is 5.89 Å². The Kier molecular flexibility index (Phi) is 3.55. The molecule has 2 aromatic rings. The highest BCUT2D eigenvalue weighted by molar-refractivity contribution is 7.08. The molecule has 9 heteroatoms. The Bertz CT molecular complexity index is 752. The van der Waals surface area contributed by atoms with Crippen molar-refractivity contribution in [2.24, 2.45) is 0 Å². The average Bonchev–Trinajstić information content (AvgIpc) is 3.21. The number of carbonyl (C=O) groups is 3. The summed E-state index contributed by atoms with van der Waals surface area (Å²) in [6.45, 7) is 3.18. The Morgan fingerprint density at radius 2 is 2.05 bits per heavy atom. The molecule has 0 aliphatic carbocycles. The van der Waals surface area contributed by atoms with E-state index in [4.69, 9.17) is 4.52 Å². The first-order chi connectivity index (χ1) is 10.6. The molecule has 3 heterocycles. The van der Waals surface area contributed by atoms with Gasteiger partial charge in [0.05, 0.1) is 0 Å². The maximum Gasteiger partial charge on any atom is 0.335 e. The van der Waals surface area contributed by atoms with E-state index in [9.17, 15) is 14.4 Å². The molecule has 1 fully saturated rings. The normalized spacial score (nSPS) is 15.0. The van der Waals surface area contributed by atoms with Crippen molar-refractivity contribution in [3.63, 3.8) is 0 Å². The van der Waals surface area contributed by atoms with E-state index in [-0.39, 0.29) is 19.0 Å². The van der Waals surface area contributed by atoms with Crippen LogP contribution in [0.3, 0.4) is 0 Å². The van der Waals surface area contributed by atoms with Crippen LogP contribution in [-0.4, -0.2) is 44.3 Å². The largest absolute Gasteiger partial charge is 0.337 e. The fourth-order valence-electron chi connectivity index (χ4n) is 1.94. The molecule has 0 aromatic carbocycles. The van der Waals surface area contributed by atoms with Crippen LogP contribution in [0, 0.1) is 0 Å². The second kappa shape index (κ2) is 5.53.